The van der Waals surface area contributed by atoms with Crippen LogP contribution in [-0.4, -0.2) is 107 Å². The Morgan fingerprint density at radius 1 is 0.868 bits per heavy atom. The molecule has 1 aliphatic heterocycles. The molecule has 1 heterocycles. The van der Waals surface area contributed by atoms with Crippen molar-refractivity contribution in [3.05, 3.63) is 53.6 Å². The Kier molecular flexibility index (Phi) is 10.7. The van der Waals surface area contributed by atoms with Gasteiger partial charge in [0.05, 0.1) is 34.0 Å². The van der Waals surface area contributed by atoms with Crippen molar-refractivity contribution in [1.82, 2.24) is 0 Å². The fourth-order valence-corrected chi connectivity index (χ4v) is 3.91. The summed E-state index contributed by atoms with van der Waals surface area (Å²) in [5.41, 5.74) is 1.01. The molecule has 0 unspecified atom stereocenters. The Balaban J connectivity index is 1.80. The first-order valence-corrected chi connectivity index (χ1v) is 11.8. The van der Waals surface area contributed by atoms with Crippen molar-refractivity contribution in [2.75, 3.05) is 34.0 Å². The maximum atomic E-state index is 11.0. The molecule has 1 aliphatic rings. The summed E-state index contributed by atoms with van der Waals surface area (Å²) in [6.45, 7) is -1.30. The molecule has 7 N–H and O–H groups in total. The summed E-state index contributed by atoms with van der Waals surface area (Å²) in [6, 6.07) is 9.39. The van der Waals surface area contributed by atoms with Crippen LogP contribution in [0.1, 0.15) is 17.2 Å². The normalized spacial score (nSPS) is 25.1. The Labute approximate surface area is 219 Å². The van der Waals surface area contributed by atoms with Gasteiger partial charge < -0.3 is 59.4 Å². The summed E-state index contributed by atoms with van der Waals surface area (Å²) in [5.74, 6) is 0.848. The monoisotopic (exact) mass is 538 g/mol. The Hall–Kier alpha value is -2.94. The number of hydrogen-bond donors (Lipinski definition) is 7. The van der Waals surface area contributed by atoms with E-state index < -0.39 is 56.1 Å². The number of rotatable bonds is 12. The highest BCUT2D eigenvalue weighted by molar-refractivity contribution is 5.56. The summed E-state index contributed by atoms with van der Waals surface area (Å²) in [6.07, 6.45) is -6.55. The van der Waals surface area contributed by atoms with Crippen LogP contribution in [-0.2, 0) is 4.74 Å². The SMILES string of the molecule is COc1cc([C@@H](O)[C@@H](CO)Oc2cc(/C=C/CO)ccc2OC)ccc1O[C@@H]1O[C@H](CO)[C@@H](O)[C@H](O)[C@H]1O. The number of methoxy groups -OCH3 is 2. The minimum absolute atomic E-state index is 0.0827. The van der Waals surface area contributed by atoms with Gasteiger partial charge in [0.1, 0.15) is 30.5 Å². The van der Waals surface area contributed by atoms with E-state index in [1.165, 1.54) is 32.4 Å². The minimum atomic E-state index is -1.62. The first kappa shape index (κ1) is 29.6. The highest BCUT2D eigenvalue weighted by Gasteiger charge is 2.45. The molecule has 0 spiro atoms. The van der Waals surface area contributed by atoms with E-state index in [4.69, 9.17) is 28.8 Å². The zero-order valence-electron chi connectivity index (χ0n) is 21.0. The van der Waals surface area contributed by atoms with E-state index in [0.717, 1.165) is 0 Å². The van der Waals surface area contributed by atoms with E-state index in [1.54, 1.807) is 30.4 Å². The predicted octanol–water partition coefficient (Wildman–Crippen LogP) is -0.639. The fourth-order valence-electron chi connectivity index (χ4n) is 3.91. The maximum Gasteiger partial charge on any atom is 0.229 e. The second-order valence-electron chi connectivity index (χ2n) is 8.50. The van der Waals surface area contributed by atoms with Crippen LogP contribution in [0, 0.1) is 0 Å². The van der Waals surface area contributed by atoms with Gasteiger partial charge in [0, 0.05) is 0 Å². The molecule has 1 saturated heterocycles. The molecule has 38 heavy (non-hydrogen) atoms. The molecule has 0 aromatic heterocycles. The highest BCUT2D eigenvalue weighted by atomic mass is 16.7. The van der Waals surface area contributed by atoms with Crippen LogP contribution < -0.4 is 18.9 Å². The lowest BCUT2D eigenvalue weighted by molar-refractivity contribution is -0.277. The largest absolute Gasteiger partial charge is 0.493 e. The Morgan fingerprint density at radius 3 is 2.21 bits per heavy atom. The zero-order chi connectivity index (χ0) is 27.8. The number of benzene rings is 2. The Morgan fingerprint density at radius 2 is 1.58 bits per heavy atom. The van der Waals surface area contributed by atoms with Crippen LogP contribution in [0.2, 0.25) is 0 Å². The lowest BCUT2D eigenvalue weighted by Gasteiger charge is -2.39. The molecule has 7 atom stereocenters. The maximum absolute atomic E-state index is 11.0. The summed E-state index contributed by atoms with van der Waals surface area (Å²) in [4.78, 5) is 0. The molecular weight excluding hydrogens is 504 g/mol. The molecule has 210 valence electrons. The molecule has 3 rings (SSSR count). The number of aliphatic hydroxyl groups is 7. The van der Waals surface area contributed by atoms with Gasteiger partial charge in [0.15, 0.2) is 29.1 Å². The third-order valence-electron chi connectivity index (χ3n) is 6.03. The topological polar surface area (TPSA) is 188 Å². The smallest absolute Gasteiger partial charge is 0.229 e. The van der Waals surface area contributed by atoms with Gasteiger partial charge in [-0.25, -0.2) is 0 Å². The van der Waals surface area contributed by atoms with Crippen LogP contribution in [0.25, 0.3) is 6.08 Å². The van der Waals surface area contributed by atoms with Gasteiger partial charge in [-0.15, -0.1) is 0 Å². The van der Waals surface area contributed by atoms with Gasteiger partial charge in [-0.3, -0.25) is 0 Å². The standard InChI is InChI=1S/C26H34O12/c1-34-16-7-5-14(4-3-9-27)10-19(16)36-20(12-28)22(30)15-6-8-17(18(11-15)35-2)37-26-25(33)24(32)23(31)21(13-29)38-26/h3-8,10-11,20-33H,9,12-13H2,1-2H3/b4-3+/t20-,21-,22-,23-,24+,25-,26-/m1/s1. The van der Waals surface area contributed by atoms with Crippen molar-refractivity contribution in [3.8, 4) is 23.0 Å². The molecule has 1 fully saturated rings. The van der Waals surface area contributed by atoms with Crippen LogP contribution >= 0.6 is 0 Å². The second kappa shape index (κ2) is 13.7. The first-order chi connectivity index (χ1) is 18.3. The van der Waals surface area contributed by atoms with Gasteiger partial charge in [0.2, 0.25) is 6.29 Å². The van der Waals surface area contributed by atoms with E-state index in [2.05, 4.69) is 0 Å². The molecule has 2 aromatic rings. The fraction of sp³-hybridized carbons (Fsp3) is 0.462. The molecular formula is C26H34O12. The van der Waals surface area contributed by atoms with Crippen molar-refractivity contribution >= 4 is 6.08 Å². The molecule has 0 amide bonds. The van der Waals surface area contributed by atoms with Crippen LogP contribution in [0.4, 0.5) is 0 Å². The molecule has 12 nitrogen and oxygen atoms in total. The lowest BCUT2D eigenvalue weighted by atomic mass is 9.99. The summed E-state index contributed by atoms with van der Waals surface area (Å²) in [7, 11) is 2.80. The van der Waals surface area contributed by atoms with E-state index in [1.807, 2.05) is 0 Å². The summed E-state index contributed by atoms with van der Waals surface area (Å²) in [5, 5.41) is 69.6. The predicted molar refractivity (Wildman–Crippen MR) is 133 cm³/mol. The van der Waals surface area contributed by atoms with Gasteiger partial charge in [-0.2, -0.15) is 0 Å². The molecule has 0 aliphatic carbocycles. The molecule has 12 heteroatoms. The van der Waals surface area contributed by atoms with Gasteiger partial charge in [-0.05, 0) is 35.4 Å². The molecule has 2 aromatic carbocycles. The minimum Gasteiger partial charge on any atom is -0.493 e. The number of hydrogen-bond acceptors (Lipinski definition) is 12. The van der Waals surface area contributed by atoms with Crippen LogP contribution in [0.5, 0.6) is 23.0 Å². The van der Waals surface area contributed by atoms with Crippen molar-refractivity contribution in [3.63, 3.8) is 0 Å². The molecule has 0 radical (unpaired) electrons. The second-order valence-corrected chi connectivity index (χ2v) is 8.50. The van der Waals surface area contributed by atoms with Crippen molar-refractivity contribution < 1.29 is 59.4 Å². The van der Waals surface area contributed by atoms with Crippen molar-refractivity contribution in [1.29, 1.82) is 0 Å². The third-order valence-corrected chi connectivity index (χ3v) is 6.03. The number of aliphatic hydroxyl groups excluding tert-OH is 7. The Bertz CT molecular complexity index is 1060. The van der Waals surface area contributed by atoms with E-state index in [9.17, 15) is 30.6 Å². The van der Waals surface area contributed by atoms with Gasteiger partial charge in [0.25, 0.3) is 0 Å². The lowest BCUT2D eigenvalue weighted by Crippen LogP contribution is -2.60. The highest BCUT2D eigenvalue weighted by Crippen LogP contribution is 2.36. The van der Waals surface area contributed by atoms with E-state index >= 15 is 0 Å². The average Bonchev–Trinajstić information content (AvgIpc) is 2.94. The van der Waals surface area contributed by atoms with Gasteiger partial charge in [-0.1, -0.05) is 24.3 Å². The average molecular weight is 539 g/mol. The summed E-state index contributed by atoms with van der Waals surface area (Å²) >= 11 is 0. The first-order valence-electron chi connectivity index (χ1n) is 11.8. The van der Waals surface area contributed by atoms with Crippen molar-refractivity contribution in [2.24, 2.45) is 0 Å². The number of ether oxygens (including phenoxy) is 5. The van der Waals surface area contributed by atoms with Crippen molar-refractivity contribution in [2.45, 2.75) is 42.9 Å². The molecule has 0 saturated carbocycles. The third kappa shape index (κ3) is 6.73. The van der Waals surface area contributed by atoms with Crippen LogP contribution in [0.15, 0.2) is 42.5 Å². The quantitative estimate of drug-likeness (QED) is 0.181. The van der Waals surface area contributed by atoms with E-state index in [0.29, 0.717) is 16.9 Å². The van der Waals surface area contributed by atoms with Gasteiger partial charge >= 0.3 is 0 Å². The summed E-state index contributed by atoms with van der Waals surface area (Å²) < 4.78 is 27.6. The molecule has 0 bridgehead atoms. The zero-order valence-corrected chi connectivity index (χ0v) is 21.0. The van der Waals surface area contributed by atoms with Crippen LogP contribution in [0.3, 0.4) is 0 Å². The van der Waals surface area contributed by atoms with E-state index in [-0.39, 0.29) is 23.9 Å².